The van der Waals surface area contributed by atoms with E-state index in [-0.39, 0.29) is 0 Å². The number of anilines is 1. The SMILES string of the molecule is Nc1ccc(SC2CCCOC2)c(Br)c1. The largest absolute Gasteiger partial charge is 0.399 e. The van der Waals surface area contributed by atoms with E-state index in [1.165, 1.54) is 17.7 Å². The van der Waals surface area contributed by atoms with Crippen LogP contribution in [0.5, 0.6) is 0 Å². The third kappa shape index (κ3) is 3.13. The van der Waals surface area contributed by atoms with Gasteiger partial charge >= 0.3 is 0 Å². The van der Waals surface area contributed by atoms with Crippen LogP contribution in [0.1, 0.15) is 12.8 Å². The number of hydrogen-bond donors (Lipinski definition) is 1. The van der Waals surface area contributed by atoms with E-state index < -0.39 is 0 Å². The third-order valence-electron chi connectivity index (χ3n) is 2.37. The highest BCUT2D eigenvalue weighted by molar-refractivity contribution is 9.10. The van der Waals surface area contributed by atoms with E-state index in [1.54, 1.807) is 0 Å². The van der Waals surface area contributed by atoms with Crippen LogP contribution in [-0.2, 0) is 4.74 Å². The van der Waals surface area contributed by atoms with Crippen molar-refractivity contribution in [3.8, 4) is 0 Å². The summed E-state index contributed by atoms with van der Waals surface area (Å²) in [7, 11) is 0. The lowest BCUT2D eigenvalue weighted by molar-refractivity contribution is 0.101. The van der Waals surface area contributed by atoms with Crippen molar-refractivity contribution in [1.82, 2.24) is 0 Å². The number of nitrogen functional groups attached to an aromatic ring is 1. The Morgan fingerprint density at radius 3 is 3.00 bits per heavy atom. The smallest absolute Gasteiger partial charge is 0.0588 e. The first-order valence-electron chi connectivity index (χ1n) is 5.05. The first-order valence-corrected chi connectivity index (χ1v) is 6.72. The van der Waals surface area contributed by atoms with Gasteiger partial charge in [0.2, 0.25) is 0 Å². The van der Waals surface area contributed by atoms with Gasteiger partial charge in [0.05, 0.1) is 6.61 Å². The van der Waals surface area contributed by atoms with Crippen LogP contribution in [0.15, 0.2) is 27.6 Å². The lowest BCUT2D eigenvalue weighted by Crippen LogP contribution is -2.19. The summed E-state index contributed by atoms with van der Waals surface area (Å²) in [5.74, 6) is 0. The Labute approximate surface area is 103 Å². The molecule has 15 heavy (non-hydrogen) atoms. The fraction of sp³-hybridized carbons (Fsp3) is 0.455. The summed E-state index contributed by atoms with van der Waals surface area (Å²) in [6, 6.07) is 5.96. The van der Waals surface area contributed by atoms with Gasteiger partial charge in [-0.15, -0.1) is 11.8 Å². The third-order valence-corrected chi connectivity index (χ3v) is 4.60. The van der Waals surface area contributed by atoms with Crippen molar-refractivity contribution < 1.29 is 4.74 Å². The van der Waals surface area contributed by atoms with Gasteiger partial charge in [-0.05, 0) is 47.0 Å². The molecule has 0 saturated carbocycles. The number of benzene rings is 1. The average molecular weight is 288 g/mol. The molecule has 2 rings (SSSR count). The van der Waals surface area contributed by atoms with Crippen molar-refractivity contribution in [1.29, 1.82) is 0 Å². The molecule has 1 aromatic rings. The minimum atomic E-state index is 0.582. The summed E-state index contributed by atoms with van der Waals surface area (Å²) >= 11 is 5.40. The molecule has 1 heterocycles. The van der Waals surface area contributed by atoms with Crippen LogP contribution in [0.2, 0.25) is 0 Å². The van der Waals surface area contributed by atoms with Crippen LogP contribution in [0, 0.1) is 0 Å². The summed E-state index contributed by atoms with van der Waals surface area (Å²) in [5.41, 5.74) is 6.49. The van der Waals surface area contributed by atoms with Crippen LogP contribution < -0.4 is 5.73 Å². The lowest BCUT2D eigenvalue weighted by Gasteiger charge is -2.21. The van der Waals surface area contributed by atoms with Gasteiger partial charge in [0.1, 0.15) is 0 Å². The zero-order chi connectivity index (χ0) is 10.7. The average Bonchev–Trinajstić information content (AvgIpc) is 2.24. The summed E-state index contributed by atoms with van der Waals surface area (Å²) < 4.78 is 6.54. The van der Waals surface area contributed by atoms with E-state index >= 15 is 0 Å². The molecule has 82 valence electrons. The topological polar surface area (TPSA) is 35.2 Å². The van der Waals surface area contributed by atoms with Gasteiger partial charge in [-0.3, -0.25) is 0 Å². The quantitative estimate of drug-likeness (QED) is 0.848. The Morgan fingerprint density at radius 2 is 2.33 bits per heavy atom. The maximum absolute atomic E-state index is 5.70. The molecular weight excluding hydrogens is 274 g/mol. The highest BCUT2D eigenvalue weighted by atomic mass is 79.9. The van der Waals surface area contributed by atoms with E-state index in [0.717, 1.165) is 23.4 Å². The van der Waals surface area contributed by atoms with Crippen molar-refractivity contribution in [3.05, 3.63) is 22.7 Å². The number of thioether (sulfide) groups is 1. The number of hydrogen-bond acceptors (Lipinski definition) is 3. The van der Waals surface area contributed by atoms with Crippen LogP contribution in [0.4, 0.5) is 5.69 Å². The van der Waals surface area contributed by atoms with Crippen molar-refractivity contribution in [2.75, 3.05) is 18.9 Å². The second-order valence-corrected chi connectivity index (χ2v) is 5.84. The Hall–Kier alpha value is -0.190. The fourth-order valence-corrected chi connectivity index (χ4v) is 3.40. The normalized spacial score (nSPS) is 21.5. The van der Waals surface area contributed by atoms with Gasteiger partial charge in [-0.2, -0.15) is 0 Å². The van der Waals surface area contributed by atoms with Crippen LogP contribution in [0.25, 0.3) is 0 Å². The van der Waals surface area contributed by atoms with Gasteiger partial charge in [0, 0.05) is 26.9 Å². The predicted molar refractivity (Wildman–Crippen MR) is 68.3 cm³/mol. The second kappa shape index (κ2) is 5.23. The van der Waals surface area contributed by atoms with E-state index in [9.17, 15) is 0 Å². The number of ether oxygens (including phenoxy) is 1. The predicted octanol–water partition coefficient (Wildman–Crippen LogP) is 3.30. The molecule has 1 saturated heterocycles. The zero-order valence-electron chi connectivity index (χ0n) is 8.41. The fourth-order valence-electron chi connectivity index (χ4n) is 1.60. The molecule has 1 fully saturated rings. The number of nitrogens with two attached hydrogens (primary N) is 1. The second-order valence-electron chi connectivity index (χ2n) is 3.65. The van der Waals surface area contributed by atoms with E-state index in [1.807, 2.05) is 23.9 Å². The maximum Gasteiger partial charge on any atom is 0.0588 e. The minimum absolute atomic E-state index is 0.582. The Bertz CT molecular complexity index is 339. The first-order chi connectivity index (χ1) is 7.25. The molecule has 0 bridgehead atoms. The lowest BCUT2D eigenvalue weighted by atomic mass is 10.2. The monoisotopic (exact) mass is 287 g/mol. The molecule has 0 aliphatic carbocycles. The van der Waals surface area contributed by atoms with E-state index in [4.69, 9.17) is 10.5 Å². The summed E-state index contributed by atoms with van der Waals surface area (Å²) in [5, 5.41) is 0.582. The molecule has 0 amide bonds. The van der Waals surface area contributed by atoms with Gasteiger partial charge in [0.25, 0.3) is 0 Å². The molecule has 2 nitrogen and oxygen atoms in total. The van der Waals surface area contributed by atoms with Crippen molar-refractivity contribution in [2.45, 2.75) is 23.0 Å². The van der Waals surface area contributed by atoms with Crippen LogP contribution in [0.3, 0.4) is 0 Å². The molecule has 1 unspecified atom stereocenters. The molecule has 0 aromatic heterocycles. The summed E-state index contributed by atoms with van der Waals surface area (Å²) in [6.45, 7) is 1.78. The standard InChI is InChI=1S/C11H14BrNOS/c12-10-6-8(13)3-4-11(10)15-9-2-1-5-14-7-9/h3-4,6,9H,1-2,5,7,13H2. The molecular formula is C11H14BrNOS. The molecule has 1 atom stereocenters. The molecule has 2 N–H and O–H groups in total. The van der Waals surface area contributed by atoms with E-state index in [0.29, 0.717) is 5.25 Å². The summed E-state index contributed by atoms with van der Waals surface area (Å²) in [4.78, 5) is 1.25. The van der Waals surface area contributed by atoms with Crippen molar-refractivity contribution in [3.63, 3.8) is 0 Å². The Morgan fingerprint density at radius 1 is 1.47 bits per heavy atom. The molecule has 1 aromatic carbocycles. The molecule has 0 spiro atoms. The molecule has 1 aliphatic rings. The number of halogens is 1. The minimum Gasteiger partial charge on any atom is -0.399 e. The van der Waals surface area contributed by atoms with Gasteiger partial charge in [-0.25, -0.2) is 0 Å². The van der Waals surface area contributed by atoms with Crippen molar-refractivity contribution >= 4 is 33.4 Å². The Balaban J connectivity index is 2.03. The van der Waals surface area contributed by atoms with Gasteiger partial charge in [0.15, 0.2) is 0 Å². The maximum atomic E-state index is 5.70. The molecule has 1 aliphatic heterocycles. The highest BCUT2D eigenvalue weighted by Crippen LogP contribution is 2.34. The zero-order valence-corrected chi connectivity index (χ0v) is 10.8. The van der Waals surface area contributed by atoms with Gasteiger partial charge in [-0.1, -0.05) is 0 Å². The van der Waals surface area contributed by atoms with Crippen LogP contribution in [-0.4, -0.2) is 18.5 Å². The van der Waals surface area contributed by atoms with Gasteiger partial charge < -0.3 is 10.5 Å². The van der Waals surface area contributed by atoms with E-state index in [2.05, 4.69) is 22.0 Å². The summed E-state index contributed by atoms with van der Waals surface area (Å²) in [6.07, 6.45) is 2.41. The first kappa shape index (κ1) is 11.3. The Kier molecular flexibility index (Phi) is 3.94. The highest BCUT2D eigenvalue weighted by Gasteiger charge is 2.16. The number of rotatable bonds is 2. The molecule has 4 heteroatoms. The molecule has 0 radical (unpaired) electrons. The van der Waals surface area contributed by atoms with Crippen molar-refractivity contribution in [2.24, 2.45) is 0 Å². The van der Waals surface area contributed by atoms with Crippen LogP contribution >= 0.6 is 27.7 Å².